The fourth-order valence-electron chi connectivity index (χ4n) is 2.62. The van der Waals surface area contributed by atoms with E-state index in [9.17, 15) is 9.59 Å². The van der Waals surface area contributed by atoms with Crippen molar-refractivity contribution in [1.29, 1.82) is 0 Å². The van der Waals surface area contributed by atoms with Gasteiger partial charge in [-0.2, -0.15) is 0 Å². The highest BCUT2D eigenvalue weighted by molar-refractivity contribution is 8.00. The first-order valence-electron chi connectivity index (χ1n) is 9.35. The van der Waals surface area contributed by atoms with E-state index in [1.807, 2.05) is 30.3 Å². The van der Waals surface area contributed by atoms with E-state index < -0.39 is 0 Å². The molecule has 0 aliphatic rings. The minimum Gasteiger partial charge on any atom is -0.493 e. The van der Waals surface area contributed by atoms with E-state index in [4.69, 9.17) is 14.2 Å². The summed E-state index contributed by atoms with van der Waals surface area (Å²) in [6.45, 7) is 4.12. The van der Waals surface area contributed by atoms with Crippen LogP contribution in [-0.2, 0) is 16.0 Å². The van der Waals surface area contributed by atoms with Gasteiger partial charge in [0.25, 0.3) is 0 Å². The van der Waals surface area contributed by atoms with E-state index in [1.54, 1.807) is 40.2 Å². The number of carbonyl (C=O) groups excluding carboxylic acids is 2. The normalized spacial score (nSPS) is 10.5. The van der Waals surface area contributed by atoms with E-state index in [1.165, 1.54) is 11.8 Å². The molecule has 156 valence electrons. The molecule has 29 heavy (non-hydrogen) atoms. The standard InChI is InChI=1S/C22H27NO5S/c1-15(2)28-22(25)17-7-5-6-8-20(17)29-14-21(24)23-12-11-16-9-10-18(26-3)19(13-16)27-4/h5-10,13,15H,11-12,14H2,1-4H3,(H,23,24). The van der Waals surface area contributed by atoms with Crippen molar-refractivity contribution in [3.8, 4) is 11.5 Å². The van der Waals surface area contributed by atoms with E-state index in [0.29, 0.717) is 30.0 Å². The van der Waals surface area contributed by atoms with Crippen LogP contribution in [0, 0.1) is 0 Å². The largest absolute Gasteiger partial charge is 0.493 e. The zero-order chi connectivity index (χ0) is 21.2. The molecule has 2 aromatic carbocycles. The van der Waals surface area contributed by atoms with Crippen molar-refractivity contribution in [2.45, 2.75) is 31.3 Å². The molecule has 0 aliphatic heterocycles. The number of thioether (sulfide) groups is 1. The summed E-state index contributed by atoms with van der Waals surface area (Å²) in [6.07, 6.45) is 0.481. The molecular weight excluding hydrogens is 390 g/mol. The predicted octanol–water partition coefficient (Wildman–Crippen LogP) is 3.72. The van der Waals surface area contributed by atoms with E-state index >= 15 is 0 Å². The molecule has 0 heterocycles. The van der Waals surface area contributed by atoms with E-state index in [-0.39, 0.29) is 23.7 Å². The van der Waals surface area contributed by atoms with Crippen LogP contribution in [0.4, 0.5) is 0 Å². The molecular formula is C22H27NO5S. The molecule has 0 saturated heterocycles. The maximum absolute atomic E-state index is 12.2. The summed E-state index contributed by atoms with van der Waals surface area (Å²) in [5.41, 5.74) is 1.52. The summed E-state index contributed by atoms with van der Waals surface area (Å²) in [6, 6.07) is 12.8. The van der Waals surface area contributed by atoms with Gasteiger partial charge in [0.2, 0.25) is 5.91 Å². The van der Waals surface area contributed by atoms with Crippen LogP contribution in [0.1, 0.15) is 29.8 Å². The predicted molar refractivity (Wildman–Crippen MR) is 114 cm³/mol. The quantitative estimate of drug-likeness (QED) is 0.469. The van der Waals surface area contributed by atoms with Crippen molar-refractivity contribution in [3.63, 3.8) is 0 Å². The Hall–Kier alpha value is -2.67. The molecule has 0 spiro atoms. The Bertz CT molecular complexity index is 838. The summed E-state index contributed by atoms with van der Waals surface area (Å²) in [7, 11) is 3.19. The second kappa shape index (κ2) is 11.4. The average molecular weight is 418 g/mol. The zero-order valence-electron chi connectivity index (χ0n) is 17.2. The summed E-state index contributed by atoms with van der Waals surface area (Å²) in [5, 5.41) is 2.90. The Morgan fingerprint density at radius 2 is 1.76 bits per heavy atom. The molecule has 0 aliphatic carbocycles. The van der Waals surface area contributed by atoms with Gasteiger partial charge in [0, 0.05) is 11.4 Å². The molecule has 0 atom stereocenters. The van der Waals surface area contributed by atoms with Crippen molar-refractivity contribution >= 4 is 23.6 Å². The zero-order valence-corrected chi connectivity index (χ0v) is 18.0. The fraction of sp³-hybridized carbons (Fsp3) is 0.364. The maximum atomic E-state index is 12.2. The van der Waals surface area contributed by atoms with Crippen molar-refractivity contribution in [2.24, 2.45) is 0 Å². The number of esters is 1. The van der Waals surface area contributed by atoms with E-state index in [2.05, 4.69) is 5.32 Å². The molecule has 0 fully saturated rings. The molecule has 0 bridgehead atoms. The highest BCUT2D eigenvalue weighted by atomic mass is 32.2. The Kier molecular flexibility index (Phi) is 8.86. The van der Waals surface area contributed by atoms with Gasteiger partial charge in [-0.25, -0.2) is 4.79 Å². The summed E-state index contributed by atoms with van der Waals surface area (Å²) < 4.78 is 15.8. The average Bonchev–Trinajstić information content (AvgIpc) is 2.71. The SMILES string of the molecule is COc1ccc(CCNC(=O)CSc2ccccc2C(=O)OC(C)C)cc1OC. The van der Waals surface area contributed by atoms with Crippen LogP contribution in [0.2, 0.25) is 0 Å². The van der Waals surface area contributed by atoms with Gasteiger partial charge in [-0.1, -0.05) is 18.2 Å². The number of amides is 1. The molecule has 1 N–H and O–H groups in total. The number of methoxy groups -OCH3 is 2. The highest BCUT2D eigenvalue weighted by Crippen LogP contribution is 2.27. The molecule has 0 saturated carbocycles. The van der Waals surface area contributed by atoms with Gasteiger partial charge in [-0.3, -0.25) is 4.79 Å². The van der Waals surface area contributed by atoms with Gasteiger partial charge in [-0.05, 0) is 50.1 Å². The monoisotopic (exact) mass is 417 g/mol. The van der Waals surface area contributed by atoms with Crippen molar-refractivity contribution in [3.05, 3.63) is 53.6 Å². The number of ether oxygens (including phenoxy) is 3. The fourth-order valence-corrected chi connectivity index (χ4v) is 3.49. The summed E-state index contributed by atoms with van der Waals surface area (Å²) >= 11 is 1.32. The van der Waals surface area contributed by atoms with Crippen LogP contribution < -0.4 is 14.8 Å². The van der Waals surface area contributed by atoms with Gasteiger partial charge >= 0.3 is 5.97 Å². The summed E-state index contributed by atoms with van der Waals surface area (Å²) in [4.78, 5) is 25.1. The van der Waals surface area contributed by atoms with Crippen molar-refractivity contribution in [2.75, 3.05) is 26.5 Å². The number of hydrogen-bond donors (Lipinski definition) is 1. The molecule has 2 rings (SSSR count). The molecule has 1 amide bonds. The Balaban J connectivity index is 1.84. The lowest BCUT2D eigenvalue weighted by Gasteiger charge is -2.12. The number of rotatable bonds is 10. The van der Waals surface area contributed by atoms with Crippen LogP contribution in [-0.4, -0.2) is 44.5 Å². The van der Waals surface area contributed by atoms with E-state index in [0.717, 1.165) is 10.5 Å². The van der Waals surface area contributed by atoms with Crippen LogP contribution in [0.5, 0.6) is 11.5 Å². The first kappa shape index (κ1) is 22.6. The molecule has 0 unspecified atom stereocenters. The minimum absolute atomic E-state index is 0.0949. The molecule has 0 aromatic heterocycles. The molecule has 6 nitrogen and oxygen atoms in total. The first-order chi connectivity index (χ1) is 13.9. The highest BCUT2D eigenvalue weighted by Gasteiger charge is 2.15. The smallest absolute Gasteiger partial charge is 0.339 e. The van der Waals surface area contributed by atoms with Crippen LogP contribution >= 0.6 is 11.8 Å². The van der Waals surface area contributed by atoms with Gasteiger partial charge in [-0.15, -0.1) is 11.8 Å². The van der Waals surface area contributed by atoms with Gasteiger partial charge in [0.05, 0.1) is 31.6 Å². The third kappa shape index (κ3) is 7.02. The Morgan fingerprint density at radius 1 is 1.03 bits per heavy atom. The van der Waals surface area contributed by atoms with Crippen molar-refractivity contribution < 1.29 is 23.8 Å². The summed E-state index contributed by atoms with van der Waals surface area (Å²) in [5.74, 6) is 1.08. The lowest BCUT2D eigenvalue weighted by atomic mass is 10.1. The maximum Gasteiger partial charge on any atom is 0.339 e. The Morgan fingerprint density at radius 3 is 2.45 bits per heavy atom. The number of hydrogen-bond acceptors (Lipinski definition) is 6. The second-order valence-corrected chi connectivity index (χ2v) is 7.55. The number of nitrogens with one attached hydrogen (secondary N) is 1. The number of carbonyl (C=O) groups is 2. The topological polar surface area (TPSA) is 73.9 Å². The van der Waals surface area contributed by atoms with Gasteiger partial charge in [0.1, 0.15) is 0 Å². The van der Waals surface area contributed by atoms with Crippen LogP contribution in [0.3, 0.4) is 0 Å². The van der Waals surface area contributed by atoms with Gasteiger partial charge < -0.3 is 19.5 Å². The van der Waals surface area contributed by atoms with Crippen LogP contribution in [0.25, 0.3) is 0 Å². The Labute approximate surface area is 175 Å². The molecule has 7 heteroatoms. The molecule has 0 radical (unpaired) electrons. The first-order valence-corrected chi connectivity index (χ1v) is 10.3. The van der Waals surface area contributed by atoms with Crippen molar-refractivity contribution in [1.82, 2.24) is 5.32 Å². The second-order valence-electron chi connectivity index (χ2n) is 6.53. The lowest BCUT2D eigenvalue weighted by Crippen LogP contribution is -2.27. The third-order valence-electron chi connectivity index (χ3n) is 3.99. The molecule has 2 aromatic rings. The van der Waals surface area contributed by atoms with Crippen LogP contribution in [0.15, 0.2) is 47.4 Å². The minimum atomic E-state index is -0.378. The third-order valence-corrected chi connectivity index (χ3v) is 5.07. The van der Waals surface area contributed by atoms with Gasteiger partial charge in [0.15, 0.2) is 11.5 Å². The number of benzene rings is 2. The lowest BCUT2D eigenvalue weighted by molar-refractivity contribution is -0.118.